The molecule has 0 N–H and O–H groups in total. The molecule has 0 saturated heterocycles. The van der Waals surface area contributed by atoms with E-state index in [-0.39, 0.29) is 18.5 Å². The molecule has 0 aliphatic carbocycles. The van der Waals surface area contributed by atoms with Crippen molar-refractivity contribution in [3.05, 3.63) is 59.7 Å². The molecule has 6 heteroatoms. The Morgan fingerprint density at radius 1 is 1.17 bits per heavy atom. The minimum Gasteiger partial charge on any atom is -0.497 e. The van der Waals surface area contributed by atoms with Gasteiger partial charge in [-0.15, -0.1) is 0 Å². The summed E-state index contributed by atoms with van der Waals surface area (Å²) >= 11 is 0. The van der Waals surface area contributed by atoms with Crippen molar-refractivity contribution < 1.29 is 22.1 Å². The Bertz CT molecular complexity index is 771. The van der Waals surface area contributed by atoms with Gasteiger partial charge in [-0.3, -0.25) is 4.18 Å². The van der Waals surface area contributed by atoms with E-state index in [2.05, 4.69) is 0 Å². The third-order valence-electron chi connectivity index (χ3n) is 3.63. The summed E-state index contributed by atoms with van der Waals surface area (Å²) in [4.78, 5) is 0. The summed E-state index contributed by atoms with van der Waals surface area (Å²) in [5.74, 6) is 1.37. The van der Waals surface area contributed by atoms with Gasteiger partial charge in [0.2, 0.25) is 0 Å². The van der Waals surface area contributed by atoms with Crippen molar-refractivity contribution in [3.8, 4) is 11.5 Å². The van der Waals surface area contributed by atoms with Gasteiger partial charge in [-0.1, -0.05) is 30.3 Å². The highest BCUT2D eigenvalue weighted by molar-refractivity contribution is 7.85. The molecular weight excluding hydrogens is 316 g/mol. The first kappa shape index (κ1) is 15.8. The summed E-state index contributed by atoms with van der Waals surface area (Å²) in [5, 5.41) is 0. The van der Waals surface area contributed by atoms with Crippen LogP contribution >= 0.6 is 0 Å². The molecule has 0 radical (unpaired) electrons. The average Bonchev–Trinajstić information content (AvgIpc) is 2.95. The van der Waals surface area contributed by atoms with Crippen LogP contribution in [0.25, 0.3) is 0 Å². The van der Waals surface area contributed by atoms with Gasteiger partial charge in [0, 0.05) is 12.0 Å². The second-order valence-electron chi connectivity index (χ2n) is 5.39. The molecule has 2 aromatic carbocycles. The van der Waals surface area contributed by atoms with E-state index in [9.17, 15) is 8.42 Å². The van der Waals surface area contributed by atoms with Crippen LogP contribution in [-0.4, -0.2) is 28.2 Å². The molecule has 0 fully saturated rings. The first-order valence-electron chi connectivity index (χ1n) is 7.30. The molecule has 0 amide bonds. The van der Waals surface area contributed by atoms with Crippen molar-refractivity contribution in [2.24, 2.45) is 0 Å². The fourth-order valence-corrected chi connectivity index (χ4v) is 3.56. The smallest absolute Gasteiger partial charge is 0.271 e. The fraction of sp³-hybridized carbons (Fsp3) is 0.294. The number of fused-ring (bicyclic) bond motifs is 1. The van der Waals surface area contributed by atoms with Crippen LogP contribution < -0.4 is 9.47 Å². The van der Waals surface area contributed by atoms with Crippen LogP contribution in [0.5, 0.6) is 11.5 Å². The minimum absolute atomic E-state index is 0.00611. The maximum atomic E-state index is 12.0. The van der Waals surface area contributed by atoms with Gasteiger partial charge in [0.25, 0.3) is 10.1 Å². The lowest BCUT2D eigenvalue weighted by Crippen LogP contribution is -2.23. The lowest BCUT2D eigenvalue weighted by Gasteiger charge is -2.11. The molecule has 122 valence electrons. The van der Waals surface area contributed by atoms with Crippen molar-refractivity contribution in [2.75, 3.05) is 13.7 Å². The molecular formula is C17H18O5S. The standard InChI is InChI=1S/C17H18O5S/c1-20-15-7-8-17-14(9-15)10-16(22-17)11-21-23(18,19)12-13-5-3-2-4-6-13/h2-9,16H,10-12H2,1H3/t16-/m0/s1. The van der Waals surface area contributed by atoms with E-state index >= 15 is 0 Å². The third-order valence-corrected chi connectivity index (χ3v) is 4.81. The summed E-state index contributed by atoms with van der Waals surface area (Å²) in [6.45, 7) is 0.00611. The summed E-state index contributed by atoms with van der Waals surface area (Å²) in [7, 11) is -2.02. The zero-order valence-corrected chi connectivity index (χ0v) is 13.6. The lowest BCUT2D eigenvalue weighted by atomic mass is 10.1. The average molecular weight is 334 g/mol. The van der Waals surface area contributed by atoms with Gasteiger partial charge in [0.05, 0.1) is 7.11 Å². The maximum absolute atomic E-state index is 12.0. The molecule has 2 aromatic rings. The highest BCUT2D eigenvalue weighted by Gasteiger charge is 2.25. The van der Waals surface area contributed by atoms with E-state index in [0.717, 1.165) is 17.1 Å². The van der Waals surface area contributed by atoms with Gasteiger partial charge in [-0.25, -0.2) is 0 Å². The van der Waals surface area contributed by atoms with E-state index in [0.29, 0.717) is 12.0 Å². The molecule has 0 spiro atoms. The van der Waals surface area contributed by atoms with E-state index in [1.54, 1.807) is 31.4 Å². The Morgan fingerprint density at radius 3 is 2.70 bits per heavy atom. The largest absolute Gasteiger partial charge is 0.497 e. The van der Waals surface area contributed by atoms with Crippen LogP contribution in [0.2, 0.25) is 0 Å². The Hall–Kier alpha value is -2.05. The molecule has 0 aromatic heterocycles. The van der Waals surface area contributed by atoms with E-state index in [1.165, 1.54) is 0 Å². The maximum Gasteiger partial charge on any atom is 0.271 e. The normalized spacial score (nSPS) is 16.7. The Morgan fingerprint density at radius 2 is 1.96 bits per heavy atom. The van der Waals surface area contributed by atoms with Crippen LogP contribution in [0.3, 0.4) is 0 Å². The van der Waals surface area contributed by atoms with Crippen molar-refractivity contribution in [1.29, 1.82) is 0 Å². The van der Waals surface area contributed by atoms with Gasteiger partial charge in [-0.2, -0.15) is 8.42 Å². The summed E-state index contributed by atoms with van der Waals surface area (Å²) in [6, 6.07) is 14.5. The summed E-state index contributed by atoms with van der Waals surface area (Å²) < 4.78 is 40.1. The molecule has 0 bridgehead atoms. The quantitative estimate of drug-likeness (QED) is 0.760. The molecule has 1 atom stereocenters. The highest BCUT2D eigenvalue weighted by atomic mass is 32.2. The summed E-state index contributed by atoms with van der Waals surface area (Å²) in [6.07, 6.45) is 0.301. The van der Waals surface area contributed by atoms with E-state index < -0.39 is 10.1 Å². The molecule has 5 nitrogen and oxygen atoms in total. The Labute approximate surface area is 135 Å². The summed E-state index contributed by atoms with van der Waals surface area (Å²) in [5.41, 5.74) is 1.70. The van der Waals surface area contributed by atoms with Crippen molar-refractivity contribution in [2.45, 2.75) is 18.3 Å². The van der Waals surface area contributed by atoms with Gasteiger partial charge in [0.15, 0.2) is 0 Å². The number of benzene rings is 2. The van der Waals surface area contributed by atoms with Crippen LogP contribution in [-0.2, 0) is 26.5 Å². The third kappa shape index (κ3) is 4.03. The Kier molecular flexibility index (Phi) is 4.54. The van der Waals surface area contributed by atoms with Crippen molar-refractivity contribution >= 4 is 10.1 Å². The number of methoxy groups -OCH3 is 1. The number of rotatable bonds is 6. The highest BCUT2D eigenvalue weighted by Crippen LogP contribution is 2.32. The molecule has 1 heterocycles. The predicted octanol–water partition coefficient (Wildman–Crippen LogP) is 2.55. The van der Waals surface area contributed by atoms with Crippen LogP contribution in [0.15, 0.2) is 48.5 Å². The molecule has 0 saturated carbocycles. The molecule has 3 rings (SSSR count). The zero-order valence-electron chi connectivity index (χ0n) is 12.8. The number of hydrogen-bond acceptors (Lipinski definition) is 5. The fourth-order valence-electron chi connectivity index (χ4n) is 2.52. The van der Waals surface area contributed by atoms with E-state index in [1.807, 2.05) is 24.3 Å². The number of hydrogen-bond donors (Lipinski definition) is 0. The lowest BCUT2D eigenvalue weighted by molar-refractivity contribution is 0.152. The zero-order chi connectivity index (χ0) is 16.3. The van der Waals surface area contributed by atoms with E-state index in [4.69, 9.17) is 13.7 Å². The second-order valence-corrected chi connectivity index (χ2v) is 7.03. The van der Waals surface area contributed by atoms with Crippen molar-refractivity contribution in [1.82, 2.24) is 0 Å². The first-order valence-corrected chi connectivity index (χ1v) is 8.88. The molecule has 1 aliphatic heterocycles. The van der Waals surface area contributed by atoms with Crippen LogP contribution in [0.4, 0.5) is 0 Å². The number of ether oxygens (including phenoxy) is 2. The molecule has 0 unspecified atom stereocenters. The van der Waals surface area contributed by atoms with Crippen molar-refractivity contribution in [3.63, 3.8) is 0 Å². The molecule has 23 heavy (non-hydrogen) atoms. The monoisotopic (exact) mass is 334 g/mol. The van der Waals surface area contributed by atoms with Gasteiger partial charge >= 0.3 is 0 Å². The Balaban J connectivity index is 1.57. The van der Waals surface area contributed by atoms with Crippen LogP contribution in [0, 0.1) is 0 Å². The first-order chi connectivity index (χ1) is 11.1. The minimum atomic E-state index is -3.63. The predicted molar refractivity (Wildman–Crippen MR) is 86.1 cm³/mol. The van der Waals surface area contributed by atoms with Crippen LogP contribution in [0.1, 0.15) is 11.1 Å². The topological polar surface area (TPSA) is 61.8 Å². The van der Waals surface area contributed by atoms with Gasteiger partial charge < -0.3 is 9.47 Å². The molecule has 1 aliphatic rings. The van der Waals surface area contributed by atoms with Gasteiger partial charge in [-0.05, 0) is 23.8 Å². The van der Waals surface area contributed by atoms with Gasteiger partial charge in [0.1, 0.15) is 30.0 Å². The SMILES string of the molecule is COc1ccc2c(c1)C[C@@H](COS(=O)(=O)Cc1ccccc1)O2. The second kappa shape index (κ2) is 6.60.